The van der Waals surface area contributed by atoms with Crippen molar-refractivity contribution in [3.63, 3.8) is 0 Å². The molecule has 0 saturated heterocycles. The van der Waals surface area contributed by atoms with Gasteiger partial charge in [0.2, 0.25) is 5.91 Å². The van der Waals surface area contributed by atoms with Crippen molar-refractivity contribution >= 4 is 11.7 Å². The smallest absolute Gasteiger partial charge is 0.226 e. The van der Waals surface area contributed by atoms with Crippen LogP contribution in [0.1, 0.15) is 23.5 Å². The van der Waals surface area contributed by atoms with Crippen molar-refractivity contribution in [3.8, 4) is 11.4 Å². The summed E-state index contributed by atoms with van der Waals surface area (Å²) in [5.74, 6) is 0.480. The van der Waals surface area contributed by atoms with E-state index >= 15 is 0 Å². The average Bonchev–Trinajstić information content (AvgIpc) is 3.07. The summed E-state index contributed by atoms with van der Waals surface area (Å²) < 4.78 is 5.88. The molecule has 2 aromatic heterocycles. The van der Waals surface area contributed by atoms with Crippen LogP contribution in [0.15, 0.2) is 54.7 Å². The SMILES string of the molecule is O=C1C[C@@H](COCc2ccccc2)c2c(n[nH]c2-c2ccccn2)N1. The van der Waals surface area contributed by atoms with E-state index in [1.54, 1.807) is 6.20 Å². The molecule has 25 heavy (non-hydrogen) atoms. The summed E-state index contributed by atoms with van der Waals surface area (Å²) in [6, 6.07) is 15.7. The topological polar surface area (TPSA) is 79.9 Å². The van der Waals surface area contributed by atoms with E-state index in [0.717, 1.165) is 22.5 Å². The maximum absolute atomic E-state index is 12.0. The molecule has 6 heteroatoms. The van der Waals surface area contributed by atoms with E-state index in [9.17, 15) is 4.79 Å². The quantitative estimate of drug-likeness (QED) is 0.751. The number of benzene rings is 1. The molecule has 0 saturated carbocycles. The number of hydrogen-bond acceptors (Lipinski definition) is 4. The number of rotatable bonds is 5. The van der Waals surface area contributed by atoms with Gasteiger partial charge in [-0.3, -0.25) is 14.9 Å². The zero-order valence-corrected chi connectivity index (χ0v) is 13.6. The Morgan fingerprint density at radius 2 is 1.96 bits per heavy atom. The second kappa shape index (κ2) is 6.86. The highest BCUT2D eigenvalue weighted by atomic mass is 16.5. The van der Waals surface area contributed by atoms with Crippen LogP contribution in [0.5, 0.6) is 0 Å². The molecular weight excluding hydrogens is 316 g/mol. The second-order valence-corrected chi connectivity index (χ2v) is 6.03. The summed E-state index contributed by atoms with van der Waals surface area (Å²) in [4.78, 5) is 16.4. The lowest BCUT2D eigenvalue weighted by Crippen LogP contribution is -2.25. The molecular formula is C19H18N4O2. The van der Waals surface area contributed by atoms with Crippen LogP contribution in [0.4, 0.5) is 5.82 Å². The number of aromatic nitrogens is 3. The lowest BCUT2D eigenvalue weighted by Gasteiger charge is -2.22. The van der Waals surface area contributed by atoms with Gasteiger partial charge in [0.25, 0.3) is 0 Å². The lowest BCUT2D eigenvalue weighted by molar-refractivity contribution is -0.117. The molecule has 1 aliphatic heterocycles. The molecule has 4 rings (SSSR count). The molecule has 0 unspecified atom stereocenters. The highest BCUT2D eigenvalue weighted by Gasteiger charge is 2.31. The van der Waals surface area contributed by atoms with Gasteiger partial charge in [-0.1, -0.05) is 36.4 Å². The standard InChI is InChI=1S/C19H18N4O2/c24-16-10-14(12-25-11-13-6-2-1-3-7-13)17-18(22-23-19(17)21-16)15-8-4-5-9-20-15/h1-9,14H,10-12H2,(H2,21,22,23,24)/t14-/m0/s1. The fourth-order valence-corrected chi connectivity index (χ4v) is 3.09. The minimum atomic E-state index is -0.0526. The Labute approximate surface area is 145 Å². The number of aromatic amines is 1. The third-order valence-corrected chi connectivity index (χ3v) is 4.25. The van der Waals surface area contributed by atoms with Crippen LogP contribution >= 0.6 is 0 Å². The van der Waals surface area contributed by atoms with Crippen molar-refractivity contribution in [1.82, 2.24) is 15.2 Å². The third kappa shape index (κ3) is 3.29. The number of fused-ring (bicyclic) bond motifs is 1. The molecule has 6 nitrogen and oxygen atoms in total. The second-order valence-electron chi connectivity index (χ2n) is 6.03. The van der Waals surface area contributed by atoms with Gasteiger partial charge in [-0.05, 0) is 17.7 Å². The first kappa shape index (κ1) is 15.5. The zero-order chi connectivity index (χ0) is 17.1. The first-order valence-electron chi connectivity index (χ1n) is 8.22. The minimum Gasteiger partial charge on any atom is -0.376 e. The van der Waals surface area contributed by atoms with E-state index in [2.05, 4.69) is 20.5 Å². The van der Waals surface area contributed by atoms with E-state index < -0.39 is 0 Å². The van der Waals surface area contributed by atoms with Crippen LogP contribution in [0.25, 0.3) is 11.4 Å². The molecule has 3 aromatic rings. The molecule has 1 amide bonds. The van der Waals surface area contributed by atoms with Gasteiger partial charge in [0, 0.05) is 24.1 Å². The summed E-state index contributed by atoms with van der Waals surface area (Å²) in [5.41, 5.74) is 3.72. The number of anilines is 1. The molecule has 0 aliphatic carbocycles. The van der Waals surface area contributed by atoms with Crippen molar-refractivity contribution in [2.24, 2.45) is 0 Å². The minimum absolute atomic E-state index is 0.0418. The number of pyridine rings is 1. The first-order chi connectivity index (χ1) is 12.3. The van der Waals surface area contributed by atoms with Crippen LogP contribution in [0.2, 0.25) is 0 Å². The van der Waals surface area contributed by atoms with Gasteiger partial charge in [-0.25, -0.2) is 0 Å². The molecule has 126 valence electrons. The summed E-state index contributed by atoms with van der Waals surface area (Å²) in [6.45, 7) is 0.972. The Morgan fingerprint density at radius 3 is 2.76 bits per heavy atom. The van der Waals surface area contributed by atoms with Crippen molar-refractivity contribution in [2.75, 3.05) is 11.9 Å². The molecule has 0 fully saturated rings. The summed E-state index contributed by atoms with van der Waals surface area (Å²) in [7, 11) is 0. The normalized spacial score (nSPS) is 16.3. The van der Waals surface area contributed by atoms with E-state index in [-0.39, 0.29) is 11.8 Å². The van der Waals surface area contributed by atoms with Crippen molar-refractivity contribution in [1.29, 1.82) is 0 Å². The third-order valence-electron chi connectivity index (χ3n) is 4.25. The molecule has 0 bridgehead atoms. The summed E-state index contributed by atoms with van der Waals surface area (Å²) >= 11 is 0. The monoisotopic (exact) mass is 334 g/mol. The van der Waals surface area contributed by atoms with E-state index in [1.165, 1.54) is 0 Å². The van der Waals surface area contributed by atoms with Crippen LogP contribution in [0.3, 0.4) is 0 Å². The number of H-pyrrole nitrogens is 1. The van der Waals surface area contributed by atoms with Gasteiger partial charge < -0.3 is 10.1 Å². The van der Waals surface area contributed by atoms with Crippen LogP contribution in [-0.4, -0.2) is 27.7 Å². The molecule has 0 spiro atoms. The number of carbonyl (C=O) groups is 1. The molecule has 3 heterocycles. The van der Waals surface area contributed by atoms with E-state index in [4.69, 9.17) is 4.74 Å². The Morgan fingerprint density at radius 1 is 1.12 bits per heavy atom. The number of nitrogens with zero attached hydrogens (tertiary/aromatic N) is 2. The fraction of sp³-hybridized carbons (Fsp3) is 0.211. The van der Waals surface area contributed by atoms with E-state index in [0.29, 0.717) is 25.5 Å². The molecule has 1 aliphatic rings. The number of carbonyl (C=O) groups excluding carboxylic acids is 1. The Hall–Kier alpha value is -2.99. The van der Waals surface area contributed by atoms with Crippen LogP contribution < -0.4 is 5.32 Å². The Kier molecular flexibility index (Phi) is 4.26. The van der Waals surface area contributed by atoms with Gasteiger partial charge in [-0.2, -0.15) is 5.10 Å². The zero-order valence-electron chi connectivity index (χ0n) is 13.6. The number of ether oxygens (including phenoxy) is 1. The highest BCUT2D eigenvalue weighted by molar-refractivity contribution is 5.95. The van der Waals surface area contributed by atoms with E-state index in [1.807, 2.05) is 48.5 Å². The fourth-order valence-electron chi connectivity index (χ4n) is 3.09. The van der Waals surface area contributed by atoms with Crippen molar-refractivity contribution in [3.05, 3.63) is 65.9 Å². The summed E-state index contributed by atoms with van der Waals surface area (Å²) in [6.07, 6.45) is 2.12. The molecule has 1 atom stereocenters. The predicted octanol–water partition coefficient (Wildman–Crippen LogP) is 3.11. The Balaban J connectivity index is 1.56. The van der Waals surface area contributed by atoms with Crippen molar-refractivity contribution in [2.45, 2.75) is 18.9 Å². The molecule has 1 aromatic carbocycles. The van der Waals surface area contributed by atoms with Gasteiger partial charge in [0.05, 0.1) is 24.6 Å². The summed E-state index contributed by atoms with van der Waals surface area (Å²) in [5, 5.41) is 10.1. The van der Waals surface area contributed by atoms with Gasteiger partial charge in [-0.15, -0.1) is 0 Å². The maximum atomic E-state index is 12.0. The number of hydrogen-bond donors (Lipinski definition) is 2. The molecule has 0 radical (unpaired) electrons. The average molecular weight is 334 g/mol. The lowest BCUT2D eigenvalue weighted by atomic mass is 9.91. The first-order valence-corrected chi connectivity index (χ1v) is 8.22. The van der Waals surface area contributed by atoms with Crippen LogP contribution in [-0.2, 0) is 16.1 Å². The van der Waals surface area contributed by atoms with Gasteiger partial charge in [0.1, 0.15) is 0 Å². The van der Waals surface area contributed by atoms with Crippen LogP contribution in [0, 0.1) is 0 Å². The van der Waals surface area contributed by atoms with Gasteiger partial charge in [0.15, 0.2) is 5.82 Å². The number of amides is 1. The van der Waals surface area contributed by atoms with Gasteiger partial charge >= 0.3 is 0 Å². The highest BCUT2D eigenvalue weighted by Crippen LogP contribution is 2.37. The number of nitrogens with one attached hydrogen (secondary N) is 2. The Bertz CT molecular complexity index is 862. The largest absolute Gasteiger partial charge is 0.376 e. The van der Waals surface area contributed by atoms with Crippen molar-refractivity contribution < 1.29 is 9.53 Å². The molecule has 2 N–H and O–H groups in total. The predicted molar refractivity (Wildman–Crippen MR) is 93.9 cm³/mol. The maximum Gasteiger partial charge on any atom is 0.226 e.